The first-order valence-electron chi connectivity index (χ1n) is 16.7. The van der Waals surface area contributed by atoms with E-state index in [0.717, 1.165) is 19.3 Å². The smallest absolute Gasteiger partial charge is 0.186 e. The van der Waals surface area contributed by atoms with Gasteiger partial charge in [-0.25, -0.2) is 0 Å². The van der Waals surface area contributed by atoms with Gasteiger partial charge in [-0.3, -0.25) is 0 Å². The van der Waals surface area contributed by atoms with Crippen molar-refractivity contribution >= 4 is 0 Å². The molecule has 4 aliphatic heterocycles. The number of unbranched alkanes of at least 4 members (excludes halogenated alkanes) is 7. The molecule has 0 bridgehead atoms. The average Bonchev–Trinajstić information content (AvgIpc) is 3.06. The third-order valence-corrected chi connectivity index (χ3v) is 8.96. The van der Waals surface area contributed by atoms with E-state index in [2.05, 4.69) is 6.92 Å². The Morgan fingerprint density at radius 1 is 0.426 bits per heavy atom. The van der Waals surface area contributed by atoms with Gasteiger partial charge in [0.05, 0.1) is 26.4 Å². The number of rotatable bonds is 16. The monoisotopic (exact) mass is 686 g/mol. The molecular weight excluding hydrogens is 632 g/mol. The van der Waals surface area contributed by atoms with Crippen molar-refractivity contribution < 1.29 is 83.9 Å². The van der Waals surface area contributed by atoms with Gasteiger partial charge in [-0.05, 0) is 6.42 Å². The van der Waals surface area contributed by atoms with Gasteiger partial charge >= 0.3 is 0 Å². The van der Waals surface area contributed by atoms with Gasteiger partial charge < -0.3 is 83.9 Å². The van der Waals surface area contributed by atoms with Gasteiger partial charge in [0.2, 0.25) is 0 Å². The summed E-state index contributed by atoms with van der Waals surface area (Å²) in [6.07, 6.45) is -13.8. The van der Waals surface area contributed by atoms with E-state index in [1.54, 1.807) is 0 Å². The SMILES string of the molecule is CCCCCCCCCCOC1OCC(OC2OCC(OC3OCC(OC4OCC(O)C(O)C4O)C(O)C3O)C(O)C2O)C(O)C1O. The highest BCUT2D eigenvalue weighted by Crippen LogP contribution is 2.29. The standard InChI is InChI=1S/C30H54O17/c1-2-3-4-5-6-7-8-9-10-40-27-24(37)20(33)16(12-42-27)46-29-26(39)22(35)18(14-44-29)47-30-25(38)21(34)17(13-43-30)45-28-23(36)19(32)15(31)11-41-28/h15-39H,2-14H2,1H3. The van der Waals surface area contributed by atoms with Gasteiger partial charge in [0, 0.05) is 6.61 Å². The largest absolute Gasteiger partial charge is 0.388 e. The number of hydrogen-bond acceptors (Lipinski definition) is 17. The van der Waals surface area contributed by atoms with Crippen LogP contribution in [0.2, 0.25) is 0 Å². The van der Waals surface area contributed by atoms with Crippen LogP contribution in [0.25, 0.3) is 0 Å². The molecule has 0 aromatic carbocycles. The summed E-state index contributed by atoms with van der Waals surface area (Å²) in [7, 11) is 0. The highest BCUT2D eigenvalue weighted by atomic mass is 16.8. The summed E-state index contributed by atoms with van der Waals surface area (Å²) in [5, 5.41) is 93.2. The number of aliphatic hydroxyl groups excluding tert-OH is 9. The molecule has 4 aliphatic rings. The molecule has 4 rings (SSSR count). The lowest BCUT2D eigenvalue weighted by molar-refractivity contribution is -0.357. The Kier molecular flexibility index (Phi) is 15.9. The molecule has 0 radical (unpaired) electrons. The third-order valence-electron chi connectivity index (χ3n) is 8.96. The quantitative estimate of drug-likeness (QED) is 0.0732. The molecule has 17 nitrogen and oxygen atoms in total. The van der Waals surface area contributed by atoms with Crippen LogP contribution in [-0.4, -0.2) is 177 Å². The second-order valence-corrected chi connectivity index (χ2v) is 12.7. The number of hydrogen-bond donors (Lipinski definition) is 9. The van der Waals surface area contributed by atoms with Crippen LogP contribution >= 0.6 is 0 Å². The van der Waals surface area contributed by atoms with E-state index < -0.39 is 98.4 Å². The molecule has 17 heteroatoms. The molecule has 4 saturated heterocycles. The van der Waals surface area contributed by atoms with Crippen LogP contribution < -0.4 is 0 Å². The van der Waals surface area contributed by atoms with E-state index in [9.17, 15) is 46.0 Å². The van der Waals surface area contributed by atoms with Crippen molar-refractivity contribution in [2.45, 2.75) is 157 Å². The van der Waals surface area contributed by atoms with Crippen molar-refractivity contribution in [1.82, 2.24) is 0 Å². The van der Waals surface area contributed by atoms with Crippen LogP contribution in [0.4, 0.5) is 0 Å². The zero-order valence-corrected chi connectivity index (χ0v) is 26.7. The molecule has 0 saturated carbocycles. The molecule has 0 spiro atoms. The van der Waals surface area contributed by atoms with Crippen molar-refractivity contribution in [3.8, 4) is 0 Å². The molecule has 16 atom stereocenters. The first-order valence-corrected chi connectivity index (χ1v) is 16.7. The van der Waals surface area contributed by atoms with Crippen molar-refractivity contribution in [3.63, 3.8) is 0 Å². The molecule has 16 unspecified atom stereocenters. The lowest BCUT2D eigenvalue weighted by Gasteiger charge is -2.44. The summed E-state index contributed by atoms with van der Waals surface area (Å²) < 4.78 is 44.0. The van der Waals surface area contributed by atoms with Gasteiger partial charge in [0.15, 0.2) is 25.2 Å². The summed E-state index contributed by atoms with van der Waals surface area (Å²) in [6, 6.07) is 0. The molecule has 4 heterocycles. The third kappa shape index (κ3) is 10.4. The van der Waals surface area contributed by atoms with E-state index in [4.69, 9.17) is 37.9 Å². The fourth-order valence-electron chi connectivity index (χ4n) is 5.90. The molecular formula is C30H54O17. The minimum atomic E-state index is -1.70. The Morgan fingerprint density at radius 2 is 0.787 bits per heavy atom. The van der Waals surface area contributed by atoms with Crippen molar-refractivity contribution in [2.24, 2.45) is 0 Å². The minimum absolute atomic E-state index is 0.172. The summed E-state index contributed by atoms with van der Waals surface area (Å²) in [5.74, 6) is 0. The van der Waals surface area contributed by atoms with Crippen LogP contribution in [-0.2, 0) is 37.9 Å². The van der Waals surface area contributed by atoms with Crippen LogP contribution in [0.15, 0.2) is 0 Å². The van der Waals surface area contributed by atoms with Crippen LogP contribution in [0.1, 0.15) is 58.3 Å². The molecule has 0 aromatic heterocycles. The van der Waals surface area contributed by atoms with Gasteiger partial charge in [0.1, 0.15) is 73.2 Å². The van der Waals surface area contributed by atoms with Crippen molar-refractivity contribution in [2.75, 3.05) is 33.0 Å². The molecule has 9 N–H and O–H groups in total. The van der Waals surface area contributed by atoms with Gasteiger partial charge in [-0.1, -0.05) is 51.9 Å². The van der Waals surface area contributed by atoms with Gasteiger partial charge in [0.25, 0.3) is 0 Å². The summed E-state index contributed by atoms with van der Waals surface area (Å²) in [4.78, 5) is 0. The highest BCUT2D eigenvalue weighted by molar-refractivity contribution is 4.91. The van der Waals surface area contributed by atoms with E-state index in [0.29, 0.717) is 6.61 Å². The maximum Gasteiger partial charge on any atom is 0.186 e. The summed E-state index contributed by atoms with van der Waals surface area (Å²) in [6.45, 7) is 1.36. The predicted molar refractivity (Wildman–Crippen MR) is 156 cm³/mol. The summed E-state index contributed by atoms with van der Waals surface area (Å²) >= 11 is 0. The first kappa shape index (κ1) is 39.1. The lowest BCUT2D eigenvalue weighted by Crippen LogP contribution is -2.62. The zero-order valence-electron chi connectivity index (χ0n) is 26.7. The normalized spacial score (nSPS) is 44.8. The minimum Gasteiger partial charge on any atom is -0.388 e. The highest BCUT2D eigenvalue weighted by Gasteiger charge is 2.49. The van der Waals surface area contributed by atoms with Crippen LogP contribution in [0.3, 0.4) is 0 Å². The molecule has 0 amide bonds. The number of aliphatic hydroxyl groups is 9. The van der Waals surface area contributed by atoms with Gasteiger partial charge in [-0.15, -0.1) is 0 Å². The first-order chi connectivity index (χ1) is 22.5. The maximum absolute atomic E-state index is 10.7. The van der Waals surface area contributed by atoms with Gasteiger partial charge in [-0.2, -0.15) is 0 Å². The Bertz CT molecular complexity index is 887. The van der Waals surface area contributed by atoms with E-state index in [1.807, 2.05) is 0 Å². The molecule has 276 valence electrons. The van der Waals surface area contributed by atoms with Crippen molar-refractivity contribution in [3.05, 3.63) is 0 Å². The number of ether oxygens (including phenoxy) is 8. The molecule has 0 aromatic rings. The average molecular weight is 687 g/mol. The predicted octanol–water partition coefficient (Wildman–Crippen LogP) is -3.03. The second-order valence-electron chi connectivity index (χ2n) is 12.7. The second kappa shape index (κ2) is 19.1. The molecule has 47 heavy (non-hydrogen) atoms. The van der Waals surface area contributed by atoms with E-state index in [-0.39, 0.29) is 26.4 Å². The zero-order chi connectivity index (χ0) is 34.1. The van der Waals surface area contributed by atoms with Crippen molar-refractivity contribution in [1.29, 1.82) is 0 Å². The lowest BCUT2D eigenvalue weighted by atomic mass is 10.0. The van der Waals surface area contributed by atoms with E-state index in [1.165, 1.54) is 32.1 Å². The molecule has 4 fully saturated rings. The Balaban J connectivity index is 1.16. The maximum atomic E-state index is 10.7. The van der Waals surface area contributed by atoms with E-state index >= 15 is 0 Å². The Labute approximate surface area is 273 Å². The Hall–Kier alpha value is -0.680. The topological polar surface area (TPSA) is 256 Å². The van der Waals surface area contributed by atoms with Crippen LogP contribution in [0, 0.1) is 0 Å². The Morgan fingerprint density at radius 3 is 1.26 bits per heavy atom. The summed E-state index contributed by atoms with van der Waals surface area (Å²) in [5.41, 5.74) is 0. The fourth-order valence-corrected chi connectivity index (χ4v) is 5.90. The fraction of sp³-hybridized carbons (Fsp3) is 1.00. The van der Waals surface area contributed by atoms with Crippen LogP contribution in [0.5, 0.6) is 0 Å². The molecule has 0 aliphatic carbocycles.